The average Bonchev–Trinajstić information content (AvgIpc) is 3.31. The van der Waals surface area contributed by atoms with Crippen LogP contribution in [0, 0.1) is 5.92 Å². The number of imidazole rings is 1. The monoisotopic (exact) mass is 546 g/mol. The molecule has 3 heterocycles. The summed E-state index contributed by atoms with van der Waals surface area (Å²) in [7, 11) is -2.54. The van der Waals surface area contributed by atoms with Gasteiger partial charge in [-0.2, -0.15) is 0 Å². The second-order valence-electron chi connectivity index (χ2n) is 9.33. The van der Waals surface area contributed by atoms with Crippen LogP contribution in [-0.2, 0) is 19.6 Å². The fourth-order valence-corrected chi connectivity index (χ4v) is 7.13. The Bertz CT molecular complexity index is 1530. The summed E-state index contributed by atoms with van der Waals surface area (Å²) in [4.78, 5) is 43.1. The van der Waals surface area contributed by atoms with E-state index < -0.39 is 21.8 Å². The van der Waals surface area contributed by atoms with Crippen LogP contribution < -0.4 is 5.69 Å². The molecule has 1 aromatic heterocycles. The van der Waals surface area contributed by atoms with Gasteiger partial charge in [0.1, 0.15) is 4.90 Å². The number of carbonyl (C=O) groups excluding carboxylic acids is 2. The number of carbonyl (C=O) groups is 2. The molecule has 1 saturated heterocycles. The van der Waals surface area contributed by atoms with Crippen LogP contribution in [0.15, 0.2) is 52.2 Å². The van der Waals surface area contributed by atoms with Crippen LogP contribution in [0.1, 0.15) is 35.7 Å². The number of likely N-dealkylation sites (tertiary alicyclic amines) is 1. The molecule has 1 fully saturated rings. The van der Waals surface area contributed by atoms with Crippen LogP contribution in [-0.4, -0.2) is 72.3 Å². The number of methoxy groups -OCH3 is 1. The van der Waals surface area contributed by atoms with Gasteiger partial charge in [0.25, 0.3) is 15.9 Å². The molecule has 10 nitrogen and oxygen atoms in total. The molecule has 3 aromatic rings. The van der Waals surface area contributed by atoms with Crippen LogP contribution in [0.3, 0.4) is 0 Å². The first kappa shape index (κ1) is 25.5. The van der Waals surface area contributed by atoms with E-state index in [9.17, 15) is 22.8 Å². The van der Waals surface area contributed by atoms with Crippen molar-refractivity contribution in [3.8, 4) is 0 Å². The SMILES string of the molecule is COC(=O)C1CN(CCCCN2C(=O)c3cc(Cl)ccc3S2(=O)=O)CCC1n1c(=O)[nH]c2ccccc21. The number of hydrogen-bond donors (Lipinski definition) is 1. The van der Waals surface area contributed by atoms with Gasteiger partial charge in [0.2, 0.25) is 0 Å². The van der Waals surface area contributed by atoms with Gasteiger partial charge in [0.05, 0.1) is 35.7 Å². The number of unbranched alkanes of at least 4 members (excludes halogenated alkanes) is 1. The highest BCUT2D eigenvalue weighted by Gasteiger charge is 2.41. The fraction of sp³-hybridized carbons (Fsp3) is 0.400. The van der Waals surface area contributed by atoms with Crippen LogP contribution in [0.4, 0.5) is 0 Å². The first-order valence-corrected chi connectivity index (χ1v) is 13.9. The zero-order chi connectivity index (χ0) is 26.3. The maximum Gasteiger partial charge on any atom is 0.326 e. The van der Waals surface area contributed by atoms with Crippen molar-refractivity contribution in [3.05, 3.63) is 63.5 Å². The summed E-state index contributed by atoms with van der Waals surface area (Å²) in [5.74, 6) is -1.47. The minimum Gasteiger partial charge on any atom is -0.469 e. The third-order valence-corrected chi connectivity index (χ3v) is 9.25. The van der Waals surface area contributed by atoms with E-state index in [2.05, 4.69) is 9.88 Å². The van der Waals surface area contributed by atoms with Gasteiger partial charge in [-0.15, -0.1) is 0 Å². The number of para-hydroxylation sites is 2. The molecule has 2 aliphatic heterocycles. The lowest BCUT2D eigenvalue weighted by molar-refractivity contribution is -0.149. The number of nitrogens with one attached hydrogen (secondary N) is 1. The summed E-state index contributed by atoms with van der Waals surface area (Å²) < 4.78 is 33.2. The number of ether oxygens (including phenoxy) is 1. The Morgan fingerprint density at radius 2 is 1.89 bits per heavy atom. The highest BCUT2D eigenvalue weighted by molar-refractivity contribution is 7.90. The Balaban J connectivity index is 1.23. The number of sulfonamides is 1. The number of aromatic nitrogens is 2. The van der Waals surface area contributed by atoms with Crippen molar-refractivity contribution in [2.75, 3.05) is 33.3 Å². The third-order valence-electron chi connectivity index (χ3n) is 7.17. The number of H-pyrrole nitrogens is 1. The number of fused-ring (bicyclic) bond motifs is 2. The lowest BCUT2D eigenvalue weighted by atomic mass is 9.91. The van der Waals surface area contributed by atoms with Gasteiger partial charge < -0.3 is 14.6 Å². The van der Waals surface area contributed by atoms with Gasteiger partial charge in [0.15, 0.2) is 0 Å². The van der Waals surface area contributed by atoms with E-state index in [1.54, 1.807) is 4.57 Å². The lowest BCUT2D eigenvalue weighted by Crippen LogP contribution is -2.47. The number of nitrogens with zero attached hydrogens (tertiary/aromatic N) is 3. The molecule has 0 bridgehead atoms. The average molecular weight is 547 g/mol. The van der Waals surface area contributed by atoms with E-state index in [0.717, 1.165) is 15.3 Å². The molecule has 2 aliphatic rings. The number of halogens is 1. The Labute approximate surface area is 218 Å². The largest absolute Gasteiger partial charge is 0.469 e. The van der Waals surface area contributed by atoms with E-state index in [1.807, 2.05) is 24.3 Å². The third kappa shape index (κ3) is 4.55. The van der Waals surface area contributed by atoms with Crippen molar-refractivity contribution in [2.45, 2.75) is 30.2 Å². The van der Waals surface area contributed by atoms with E-state index in [0.29, 0.717) is 43.9 Å². The van der Waals surface area contributed by atoms with Gasteiger partial charge in [-0.3, -0.25) is 14.2 Å². The van der Waals surface area contributed by atoms with Crippen LogP contribution in [0.25, 0.3) is 11.0 Å². The number of amides is 1. The van der Waals surface area contributed by atoms with E-state index in [1.165, 1.54) is 25.3 Å². The summed E-state index contributed by atoms with van der Waals surface area (Å²) in [5.41, 5.74) is 1.31. The standard InChI is InChI=1S/C25H27ClN4O6S/c1-36-24(32)18-15-28(13-10-20(18)30-21-7-3-2-6-19(21)27-25(30)33)11-4-5-12-29-23(31)17-14-16(26)8-9-22(17)37(29,34)35/h2-3,6-9,14,18,20H,4-5,10-13,15H2,1H3,(H,27,33). The normalized spacial score (nSPS) is 21.4. The molecule has 0 aliphatic carbocycles. The Kier molecular flexibility index (Phi) is 6.86. The van der Waals surface area contributed by atoms with Gasteiger partial charge >= 0.3 is 11.7 Å². The van der Waals surface area contributed by atoms with Crippen molar-refractivity contribution >= 4 is 44.5 Å². The second-order valence-corrected chi connectivity index (χ2v) is 11.6. The number of piperidine rings is 1. The highest BCUT2D eigenvalue weighted by Crippen LogP contribution is 2.33. The molecule has 5 rings (SSSR count). The highest BCUT2D eigenvalue weighted by atomic mass is 35.5. The minimum atomic E-state index is -3.88. The summed E-state index contributed by atoms with van der Waals surface area (Å²) in [6.07, 6.45) is 1.68. The molecule has 0 saturated carbocycles. The van der Waals surface area contributed by atoms with Gasteiger partial charge in [-0.05, 0) is 56.1 Å². The molecule has 2 atom stereocenters. The minimum absolute atomic E-state index is 0.0163. The molecule has 37 heavy (non-hydrogen) atoms. The Morgan fingerprint density at radius 3 is 2.68 bits per heavy atom. The maximum absolute atomic E-state index is 12.8. The fourth-order valence-electron chi connectivity index (χ4n) is 5.37. The topological polar surface area (TPSA) is 122 Å². The van der Waals surface area contributed by atoms with Crippen LogP contribution in [0.5, 0.6) is 0 Å². The molecular formula is C25H27ClN4O6S. The Hall–Kier alpha value is -3.15. The van der Waals surface area contributed by atoms with E-state index in [4.69, 9.17) is 16.3 Å². The predicted molar refractivity (Wildman–Crippen MR) is 137 cm³/mol. The van der Waals surface area contributed by atoms with Gasteiger partial charge in [-0.25, -0.2) is 17.5 Å². The number of esters is 1. The molecule has 2 aromatic carbocycles. The lowest BCUT2D eigenvalue weighted by Gasteiger charge is -2.37. The molecule has 0 spiro atoms. The van der Waals surface area contributed by atoms with Crippen molar-refractivity contribution in [3.63, 3.8) is 0 Å². The number of rotatable bonds is 7. The van der Waals surface area contributed by atoms with Crippen LogP contribution >= 0.6 is 11.6 Å². The summed E-state index contributed by atoms with van der Waals surface area (Å²) >= 11 is 5.94. The first-order valence-electron chi connectivity index (χ1n) is 12.1. The van der Waals surface area contributed by atoms with Crippen molar-refractivity contribution in [2.24, 2.45) is 5.92 Å². The molecule has 1 N–H and O–H groups in total. The predicted octanol–water partition coefficient (Wildman–Crippen LogP) is 2.64. The molecular weight excluding hydrogens is 520 g/mol. The van der Waals surface area contributed by atoms with Crippen molar-refractivity contribution < 1.29 is 22.7 Å². The zero-order valence-corrected chi connectivity index (χ0v) is 21.8. The van der Waals surface area contributed by atoms with Crippen LogP contribution in [0.2, 0.25) is 5.02 Å². The van der Waals surface area contributed by atoms with E-state index in [-0.39, 0.29) is 34.7 Å². The molecule has 2 unspecified atom stereocenters. The van der Waals surface area contributed by atoms with Crippen molar-refractivity contribution in [1.29, 1.82) is 0 Å². The Morgan fingerprint density at radius 1 is 1.14 bits per heavy atom. The quantitative estimate of drug-likeness (QED) is 0.357. The second kappa shape index (κ2) is 9.96. The molecule has 12 heteroatoms. The number of hydrogen-bond acceptors (Lipinski definition) is 7. The zero-order valence-electron chi connectivity index (χ0n) is 20.2. The molecule has 0 radical (unpaired) electrons. The first-order chi connectivity index (χ1) is 17.7. The number of benzene rings is 2. The van der Waals surface area contributed by atoms with Crippen molar-refractivity contribution in [1.82, 2.24) is 18.8 Å². The molecule has 1 amide bonds. The summed E-state index contributed by atoms with van der Waals surface area (Å²) in [5, 5.41) is 0.308. The summed E-state index contributed by atoms with van der Waals surface area (Å²) in [6.45, 7) is 1.75. The molecule has 196 valence electrons. The number of aromatic amines is 1. The van der Waals surface area contributed by atoms with Gasteiger partial charge in [0, 0.05) is 24.7 Å². The summed E-state index contributed by atoms with van der Waals surface area (Å²) in [6, 6.07) is 11.2. The smallest absolute Gasteiger partial charge is 0.326 e. The van der Waals surface area contributed by atoms with E-state index >= 15 is 0 Å². The van der Waals surface area contributed by atoms with Gasteiger partial charge in [-0.1, -0.05) is 23.7 Å². The maximum atomic E-state index is 12.8.